The molecule has 3 rings (SSSR count). The molecule has 110 valence electrons. The van der Waals surface area contributed by atoms with Crippen molar-refractivity contribution in [2.75, 3.05) is 0 Å². The molecule has 0 atom stereocenters. The molecule has 3 aromatic rings. The highest BCUT2D eigenvalue weighted by Crippen LogP contribution is 2.04. The standard InChI is InChI=1S/C18H18N3O/c1-15-7-9-17(10-8-15)18(22)12-20-13-19-21(14-20)11-16-5-3-2-4-6-16/h2-10,13-14H,11-12H2,1H3/q+1. The van der Waals surface area contributed by atoms with Gasteiger partial charge in [0.15, 0.2) is 5.78 Å². The SMILES string of the molecule is Cc1ccc(C(=O)C[n+]2cnn(Cc3ccccc3)c2)cc1. The van der Waals surface area contributed by atoms with E-state index in [-0.39, 0.29) is 5.78 Å². The summed E-state index contributed by atoms with van der Waals surface area (Å²) in [6, 6.07) is 17.8. The van der Waals surface area contributed by atoms with E-state index in [1.165, 1.54) is 5.56 Å². The summed E-state index contributed by atoms with van der Waals surface area (Å²) in [5.41, 5.74) is 3.07. The molecule has 0 radical (unpaired) electrons. The molecule has 0 aliphatic carbocycles. The second-order valence-corrected chi connectivity index (χ2v) is 5.39. The molecule has 0 fully saturated rings. The van der Waals surface area contributed by atoms with E-state index in [9.17, 15) is 4.79 Å². The molecular weight excluding hydrogens is 274 g/mol. The Kier molecular flexibility index (Phi) is 4.10. The summed E-state index contributed by atoms with van der Waals surface area (Å²) >= 11 is 0. The number of aryl methyl sites for hydroxylation is 1. The van der Waals surface area contributed by atoms with E-state index < -0.39 is 0 Å². The quantitative estimate of drug-likeness (QED) is 0.535. The molecule has 2 aromatic carbocycles. The molecule has 4 nitrogen and oxygen atoms in total. The largest absolute Gasteiger partial charge is 0.291 e. The van der Waals surface area contributed by atoms with Crippen molar-refractivity contribution in [3.05, 3.63) is 83.9 Å². The molecule has 0 N–H and O–H groups in total. The summed E-state index contributed by atoms with van der Waals surface area (Å²) in [6.45, 7) is 3.01. The van der Waals surface area contributed by atoms with Crippen molar-refractivity contribution < 1.29 is 9.36 Å². The van der Waals surface area contributed by atoms with Crippen molar-refractivity contribution in [2.45, 2.75) is 20.0 Å². The van der Waals surface area contributed by atoms with E-state index in [1.807, 2.05) is 65.0 Å². The molecule has 22 heavy (non-hydrogen) atoms. The fraction of sp³-hybridized carbons (Fsp3) is 0.167. The number of nitrogens with zero attached hydrogens (tertiary/aromatic N) is 3. The molecule has 0 aliphatic rings. The normalized spacial score (nSPS) is 10.6. The summed E-state index contributed by atoms with van der Waals surface area (Å²) in [5, 5.41) is 4.30. The van der Waals surface area contributed by atoms with Crippen molar-refractivity contribution in [1.29, 1.82) is 0 Å². The van der Waals surface area contributed by atoms with Crippen molar-refractivity contribution in [3.8, 4) is 0 Å². The zero-order valence-electron chi connectivity index (χ0n) is 12.5. The van der Waals surface area contributed by atoms with Gasteiger partial charge in [-0.1, -0.05) is 60.2 Å². The van der Waals surface area contributed by atoms with Gasteiger partial charge in [-0.3, -0.25) is 4.79 Å². The lowest BCUT2D eigenvalue weighted by atomic mass is 10.1. The van der Waals surface area contributed by atoms with Gasteiger partial charge in [-0.25, -0.2) is 4.57 Å². The van der Waals surface area contributed by atoms with E-state index >= 15 is 0 Å². The predicted octanol–water partition coefficient (Wildman–Crippen LogP) is 2.41. The molecule has 0 saturated carbocycles. The van der Waals surface area contributed by atoms with Crippen molar-refractivity contribution in [1.82, 2.24) is 9.78 Å². The van der Waals surface area contributed by atoms with Crippen LogP contribution < -0.4 is 4.57 Å². The first-order chi connectivity index (χ1) is 10.7. The van der Waals surface area contributed by atoms with E-state index in [0.717, 1.165) is 11.1 Å². The number of Topliss-reactive ketones (excluding diaryl/α,β-unsaturated/α-hetero) is 1. The third kappa shape index (κ3) is 3.47. The zero-order valence-corrected chi connectivity index (χ0v) is 12.5. The number of hydrogen-bond acceptors (Lipinski definition) is 2. The van der Waals surface area contributed by atoms with Crippen LogP contribution in [0.25, 0.3) is 0 Å². The highest BCUT2D eigenvalue weighted by Gasteiger charge is 2.12. The molecule has 4 heteroatoms. The second-order valence-electron chi connectivity index (χ2n) is 5.39. The number of hydrogen-bond donors (Lipinski definition) is 0. The van der Waals surface area contributed by atoms with Crippen LogP contribution in [0, 0.1) is 6.92 Å². The van der Waals surface area contributed by atoms with Crippen molar-refractivity contribution in [2.24, 2.45) is 0 Å². The Morgan fingerprint density at radius 2 is 1.82 bits per heavy atom. The minimum atomic E-state index is 0.0873. The van der Waals surface area contributed by atoms with Gasteiger partial charge in [-0.2, -0.15) is 0 Å². The van der Waals surface area contributed by atoms with Gasteiger partial charge in [0.2, 0.25) is 6.33 Å². The Bertz CT molecular complexity index is 761. The first kappa shape index (κ1) is 14.2. The molecule has 1 aromatic heterocycles. The number of benzene rings is 2. The van der Waals surface area contributed by atoms with Gasteiger partial charge in [-0.15, -0.1) is 4.68 Å². The van der Waals surface area contributed by atoms with Gasteiger partial charge in [0, 0.05) is 10.7 Å². The van der Waals surface area contributed by atoms with E-state index in [1.54, 1.807) is 6.33 Å². The van der Waals surface area contributed by atoms with E-state index in [4.69, 9.17) is 0 Å². The minimum absolute atomic E-state index is 0.0873. The summed E-state index contributed by atoms with van der Waals surface area (Å²) in [4.78, 5) is 12.2. The lowest BCUT2D eigenvalue weighted by molar-refractivity contribution is -0.683. The van der Waals surface area contributed by atoms with Crippen LogP contribution in [-0.4, -0.2) is 15.6 Å². The zero-order chi connectivity index (χ0) is 15.4. The van der Waals surface area contributed by atoms with Crippen LogP contribution in [0.1, 0.15) is 21.5 Å². The highest BCUT2D eigenvalue weighted by molar-refractivity contribution is 5.95. The van der Waals surface area contributed by atoms with Gasteiger partial charge in [-0.05, 0) is 12.5 Å². The fourth-order valence-electron chi connectivity index (χ4n) is 2.29. The second kappa shape index (κ2) is 6.35. The smallest absolute Gasteiger partial charge is 0.265 e. The molecule has 0 aliphatic heterocycles. The number of rotatable bonds is 5. The first-order valence-corrected chi connectivity index (χ1v) is 7.26. The minimum Gasteiger partial charge on any atom is -0.291 e. The number of carbonyl (C=O) groups excluding carboxylic acids is 1. The highest BCUT2D eigenvalue weighted by atomic mass is 16.1. The van der Waals surface area contributed by atoms with Crippen LogP contribution in [0.15, 0.2) is 67.3 Å². The summed E-state index contributed by atoms with van der Waals surface area (Å²) in [5.74, 6) is 0.0873. The molecule has 0 spiro atoms. The third-order valence-electron chi connectivity index (χ3n) is 3.52. The van der Waals surface area contributed by atoms with Gasteiger partial charge in [0.1, 0.15) is 13.1 Å². The van der Waals surface area contributed by atoms with Crippen molar-refractivity contribution >= 4 is 5.78 Å². The maximum absolute atomic E-state index is 12.2. The molecule has 0 saturated heterocycles. The lowest BCUT2D eigenvalue weighted by Gasteiger charge is -1.99. The van der Waals surface area contributed by atoms with Crippen molar-refractivity contribution in [3.63, 3.8) is 0 Å². The topological polar surface area (TPSA) is 38.8 Å². The summed E-state index contributed by atoms with van der Waals surface area (Å²) in [6.07, 6.45) is 3.55. The van der Waals surface area contributed by atoms with Crippen LogP contribution in [-0.2, 0) is 13.1 Å². The number of aromatic nitrogens is 3. The van der Waals surface area contributed by atoms with Gasteiger partial charge in [0.05, 0.1) is 0 Å². The monoisotopic (exact) mass is 292 g/mol. The van der Waals surface area contributed by atoms with Crippen LogP contribution >= 0.6 is 0 Å². The molecule has 0 amide bonds. The number of carbonyl (C=O) groups is 1. The Morgan fingerprint density at radius 3 is 2.55 bits per heavy atom. The van der Waals surface area contributed by atoms with Gasteiger partial charge in [0.25, 0.3) is 6.33 Å². The van der Waals surface area contributed by atoms with E-state index in [0.29, 0.717) is 13.1 Å². The average molecular weight is 292 g/mol. The molecular formula is C18H18N3O+. The van der Waals surface area contributed by atoms with Crippen LogP contribution in [0.2, 0.25) is 0 Å². The van der Waals surface area contributed by atoms with Crippen LogP contribution in [0.3, 0.4) is 0 Å². The Morgan fingerprint density at radius 1 is 1.09 bits per heavy atom. The maximum Gasteiger partial charge on any atom is 0.265 e. The number of ketones is 1. The Hall–Kier alpha value is -2.75. The lowest BCUT2D eigenvalue weighted by Crippen LogP contribution is -2.35. The summed E-state index contributed by atoms with van der Waals surface area (Å²) in [7, 11) is 0. The Balaban J connectivity index is 1.66. The molecule has 0 unspecified atom stereocenters. The maximum atomic E-state index is 12.2. The third-order valence-corrected chi connectivity index (χ3v) is 3.52. The Labute approximate surface area is 129 Å². The van der Waals surface area contributed by atoms with Gasteiger partial charge >= 0.3 is 0 Å². The summed E-state index contributed by atoms with van der Waals surface area (Å²) < 4.78 is 3.64. The fourth-order valence-corrected chi connectivity index (χ4v) is 2.29. The molecule has 1 heterocycles. The van der Waals surface area contributed by atoms with Crippen LogP contribution in [0.4, 0.5) is 0 Å². The molecule has 0 bridgehead atoms. The van der Waals surface area contributed by atoms with Gasteiger partial charge < -0.3 is 0 Å². The van der Waals surface area contributed by atoms with E-state index in [2.05, 4.69) is 17.2 Å². The average Bonchev–Trinajstić information content (AvgIpc) is 2.96. The predicted molar refractivity (Wildman–Crippen MR) is 83.5 cm³/mol. The first-order valence-electron chi connectivity index (χ1n) is 7.26. The van der Waals surface area contributed by atoms with Crippen LogP contribution in [0.5, 0.6) is 0 Å².